The number of methoxy groups -OCH3 is 3. The molecule has 0 amide bonds. The highest BCUT2D eigenvalue weighted by molar-refractivity contribution is 7.99. The van der Waals surface area contributed by atoms with Crippen LogP contribution in [0, 0.1) is 0 Å². The van der Waals surface area contributed by atoms with Crippen LogP contribution in [-0.4, -0.2) is 64.9 Å². The van der Waals surface area contributed by atoms with Gasteiger partial charge in [-0.15, -0.1) is 11.8 Å². The fourth-order valence-corrected chi connectivity index (χ4v) is 4.76. The topological polar surface area (TPSA) is 97.3 Å². The average molecular weight is 339 g/mol. The average Bonchev–Trinajstić information content (AvgIpc) is 3.15. The van der Waals surface area contributed by atoms with Crippen LogP contribution < -0.4 is 5.73 Å². The van der Waals surface area contributed by atoms with Gasteiger partial charge in [-0.3, -0.25) is 4.57 Å². The van der Waals surface area contributed by atoms with E-state index in [4.69, 9.17) is 19.9 Å². The zero-order chi connectivity index (χ0) is 16.4. The van der Waals surface area contributed by atoms with E-state index in [1.807, 2.05) is 4.57 Å². The standard InChI is InChI=1S/C14H21N5O3S/c1-20-5-4-14(22-3)6-23-13(10(14)21-2)19-8-18-9-11(15)16-7-17-12(9)19/h7-8,10,13H,4-6H2,1-3H3,(H2,15,16,17)/t10?,13-,14?/m1/s1. The van der Waals surface area contributed by atoms with Gasteiger partial charge in [0.1, 0.15) is 28.9 Å². The molecule has 3 rings (SSSR count). The number of imidazole rings is 1. The lowest BCUT2D eigenvalue weighted by Crippen LogP contribution is -2.46. The minimum atomic E-state index is -0.407. The zero-order valence-corrected chi connectivity index (χ0v) is 14.2. The lowest BCUT2D eigenvalue weighted by Gasteiger charge is -2.34. The van der Waals surface area contributed by atoms with Crippen LogP contribution in [0.5, 0.6) is 0 Å². The molecule has 2 N–H and O–H groups in total. The van der Waals surface area contributed by atoms with Gasteiger partial charge in [0.2, 0.25) is 0 Å². The van der Waals surface area contributed by atoms with Crippen LogP contribution in [0.25, 0.3) is 11.2 Å². The van der Waals surface area contributed by atoms with Crippen molar-refractivity contribution < 1.29 is 14.2 Å². The third kappa shape index (κ3) is 2.67. The SMILES string of the molecule is COCCC1(OC)CS[C@@H](n2cnc3c(N)ncnc32)C1OC. The molecule has 2 aromatic rings. The number of nitrogens with zero attached hydrogens (tertiary/aromatic N) is 4. The van der Waals surface area contributed by atoms with E-state index in [9.17, 15) is 0 Å². The molecule has 0 aliphatic carbocycles. The first-order valence-electron chi connectivity index (χ1n) is 7.28. The number of hydrogen-bond donors (Lipinski definition) is 1. The van der Waals surface area contributed by atoms with Crippen LogP contribution in [0.15, 0.2) is 12.7 Å². The van der Waals surface area contributed by atoms with Gasteiger partial charge in [0.25, 0.3) is 0 Å². The second-order valence-electron chi connectivity index (χ2n) is 5.45. The second-order valence-corrected chi connectivity index (χ2v) is 6.56. The Morgan fingerprint density at radius 1 is 1.35 bits per heavy atom. The molecule has 0 saturated carbocycles. The van der Waals surface area contributed by atoms with Gasteiger partial charge < -0.3 is 19.9 Å². The van der Waals surface area contributed by atoms with Crippen LogP contribution >= 0.6 is 11.8 Å². The van der Waals surface area contributed by atoms with E-state index in [1.165, 1.54) is 6.33 Å². The minimum Gasteiger partial charge on any atom is -0.385 e. The van der Waals surface area contributed by atoms with Crippen molar-refractivity contribution in [3.05, 3.63) is 12.7 Å². The Morgan fingerprint density at radius 2 is 2.17 bits per heavy atom. The third-order valence-electron chi connectivity index (χ3n) is 4.33. The molecular formula is C14H21N5O3S. The van der Waals surface area contributed by atoms with Crippen LogP contribution in [-0.2, 0) is 14.2 Å². The fraction of sp³-hybridized carbons (Fsp3) is 0.643. The van der Waals surface area contributed by atoms with Crippen molar-refractivity contribution in [3.8, 4) is 0 Å². The first kappa shape index (κ1) is 16.4. The molecule has 126 valence electrons. The summed E-state index contributed by atoms with van der Waals surface area (Å²) in [6.45, 7) is 0.612. The van der Waals surface area contributed by atoms with Gasteiger partial charge in [-0.05, 0) is 0 Å². The van der Waals surface area contributed by atoms with Crippen molar-refractivity contribution in [2.45, 2.75) is 23.5 Å². The molecule has 8 nitrogen and oxygen atoms in total. The Morgan fingerprint density at radius 3 is 2.87 bits per heavy atom. The number of anilines is 1. The number of hydrogen-bond acceptors (Lipinski definition) is 8. The molecule has 1 fully saturated rings. The Labute approximate surface area is 138 Å². The summed E-state index contributed by atoms with van der Waals surface area (Å²) in [5, 5.41) is -0.00361. The van der Waals surface area contributed by atoms with Gasteiger partial charge in [-0.25, -0.2) is 15.0 Å². The Hall–Kier alpha value is -1.42. The molecule has 1 aliphatic heterocycles. The van der Waals surface area contributed by atoms with Crippen LogP contribution in [0.2, 0.25) is 0 Å². The number of ether oxygens (including phenoxy) is 3. The molecular weight excluding hydrogens is 318 g/mol. The summed E-state index contributed by atoms with van der Waals surface area (Å²) in [4.78, 5) is 12.7. The number of fused-ring (bicyclic) bond motifs is 1. The second kappa shape index (κ2) is 6.60. The van der Waals surface area contributed by atoms with E-state index in [2.05, 4.69) is 15.0 Å². The van der Waals surface area contributed by atoms with Crippen molar-refractivity contribution in [2.24, 2.45) is 0 Å². The van der Waals surface area contributed by atoms with Gasteiger partial charge >= 0.3 is 0 Å². The molecule has 1 aliphatic rings. The molecule has 1 saturated heterocycles. The van der Waals surface area contributed by atoms with Gasteiger partial charge in [-0.1, -0.05) is 0 Å². The molecule has 3 heterocycles. The maximum Gasteiger partial charge on any atom is 0.166 e. The zero-order valence-electron chi connectivity index (χ0n) is 13.4. The Balaban J connectivity index is 1.97. The number of aromatic nitrogens is 4. The monoisotopic (exact) mass is 339 g/mol. The molecule has 0 radical (unpaired) electrons. The fourth-order valence-electron chi connectivity index (χ4n) is 3.04. The summed E-state index contributed by atoms with van der Waals surface area (Å²) in [5.74, 6) is 1.18. The predicted molar refractivity (Wildman–Crippen MR) is 88.3 cm³/mol. The highest BCUT2D eigenvalue weighted by atomic mass is 32.2. The van der Waals surface area contributed by atoms with Crippen molar-refractivity contribution in [2.75, 3.05) is 39.4 Å². The number of nitrogens with two attached hydrogens (primary N) is 1. The number of rotatable bonds is 6. The summed E-state index contributed by atoms with van der Waals surface area (Å²) < 4.78 is 18.9. The van der Waals surface area contributed by atoms with E-state index in [0.29, 0.717) is 23.6 Å². The summed E-state index contributed by atoms with van der Waals surface area (Å²) in [7, 11) is 5.11. The number of thioether (sulfide) groups is 1. The molecule has 2 unspecified atom stereocenters. The molecule has 2 aromatic heterocycles. The van der Waals surface area contributed by atoms with Crippen molar-refractivity contribution >= 4 is 28.7 Å². The quantitative estimate of drug-likeness (QED) is 0.835. The lowest BCUT2D eigenvalue weighted by atomic mass is 9.94. The maximum atomic E-state index is 5.87. The van der Waals surface area contributed by atoms with E-state index >= 15 is 0 Å². The van der Waals surface area contributed by atoms with E-state index in [0.717, 1.165) is 12.2 Å². The predicted octanol–water partition coefficient (Wildman–Crippen LogP) is 1.09. The van der Waals surface area contributed by atoms with Gasteiger partial charge in [0.15, 0.2) is 11.5 Å². The van der Waals surface area contributed by atoms with Crippen LogP contribution in [0.1, 0.15) is 11.8 Å². The van der Waals surface area contributed by atoms with Crippen LogP contribution in [0.4, 0.5) is 5.82 Å². The largest absolute Gasteiger partial charge is 0.385 e. The summed E-state index contributed by atoms with van der Waals surface area (Å²) in [5.41, 5.74) is 6.78. The van der Waals surface area contributed by atoms with Crippen molar-refractivity contribution in [1.29, 1.82) is 0 Å². The minimum absolute atomic E-state index is 0.00361. The van der Waals surface area contributed by atoms with Crippen LogP contribution in [0.3, 0.4) is 0 Å². The third-order valence-corrected chi connectivity index (χ3v) is 5.80. The normalized spacial score (nSPS) is 27.8. The van der Waals surface area contributed by atoms with Gasteiger partial charge in [-0.2, -0.15) is 0 Å². The van der Waals surface area contributed by atoms with E-state index < -0.39 is 5.60 Å². The Bertz CT molecular complexity index is 681. The molecule has 3 atom stereocenters. The highest BCUT2D eigenvalue weighted by Crippen LogP contribution is 2.48. The van der Waals surface area contributed by atoms with Gasteiger partial charge in [0.05, 0.1) is 6.33 Å². The maximum absolute atomic E-state index is 5.87. The van der Waals surface area contributed by atoms with Crippen molar-refractivity contribution in [3.63, 3.8) is 0 Å². The molecule has 23 heavy (non-hydrogen) atoms. The molecule has 9 heteroatoms. The summed E-state index contributed by atoms with van der Waals surface area (Å²) >= 11 is 1.75. The first-order valence-corrected chi connectivity index (χ1v) is 8.33. The molecule has 0 aromatic carbocycles. The highest BCUT2D eigenvalue weighted by Gasteiger charge is 2.51. The van der Waals surface area contributed by atoms with E-state index in [1.54, 1.807) is 39.4 Å². The Kier molecular flexibility index (Phi) is 4.72. The molecule has 0 spiro atoms. The summed E-state index contributed by atoms with van der Waals surface area (Å²) in [6.07, 6.45) is 3.79. The molecule has 0 bridgehead atoms. The first-order chi connectivity index (χ1) is 11.2. The number of nitrogen functional groups attached to an aromatic ring is 1. The van der Waals surface area contributed by atoms with Gasteiger partial charge in [0, 0.05) is 40.1 Å². The van der Waals surface area contributed by atoms with E-state index in [-0.39, 0.29) is 11.5 Å². The smallest absolute Gasteiger partial charge is 0.166 e. The lowest BCUT2D eigenvalue weighted by molar-refractivity contribution is -0.113. The van der Waals surface area contributed by atoms with Crippen molar-refractivity contribution in [1.82, 2.24) is 19.5 Å². The summed E-state index contributed by atoms with van der Waals surface area (Å²) in [6, 6.07) is 0.